The third-order valence-corrected chi connectivity index (χ3v) is 9.25. The molecule has 39 heavy (non-hydrogen) atoms. The molecule has 3 aliphatic rings. The number of fused-ring (bicyclic) bond motifs is 3. The molecule has 0 radical (unpaired) electrons. The largest absolute Gasteiger partial charge is 0.364 e. The molecule has 3 fully saturated rings. The van der Waals surface area contributed by atoms with Gasteiger partial charge in [0.1, 0.15) is 11.7 Å². The van der Waals surface area contributed by atoms with E-state index in [-0.39, 0.29) is 23.9 Å². The SMILES string of the molecule is CC(C)(C)[C@@H](C(=O)N1C[C@@H]2C[C@H]1CN2C(=O)C1(c2ccc(Cl)cc2Cl)CC1)n1c(C(N)=O)cc2ccccc21. The molecule has 1 aromatic heterocycles. The number of carbonyl (C=O) groups excluding carboxylic acids is 3. The van der Waals surface area contributed by atoms with Gasteiger partial charge in [-0.3, -0.25) is 14.4 Å². The summed E-state index contributed by atoms with van der Waals surface area (Å²) in [5.41, 5.74) is 6.65. The van der Waals surface area contributed by atoms with Crippen LogP contribution in [-0.2, 0) is 15.0 Å². The van der Waals surface area contributed by atoms with Gasteiger partial charge in [0, 0.05) is 34.0 Å². The molecule has 3 amide bonds. The number of halogens is 2. The first-order valence-electron chi connectivity index (χ1n) is 13.4. The van der Waals surface area contributed by atoms with Crippen LogP contribution in [0.2, 0.25) is 10.0 Å². The van der Waals surface area contributed by atoms with Crippen molar-refractivity contribution >= 4 is 51.8 Å². The van der Waals surface area contributed by atoms with Crippen molar-refractivity contribution in [2.24, 2.45) is 11.1 Å². The molecule has 3 atom stereocenters. The average molecular weight is 568 g/mol. The van der Waals surface area contributed by atoms with Crippen LogP contribution in [0.15, 0.2) is 48.5 Å². The third kappa shape index (κ3) is 4.13. The highest BCUT2D eigenvalue weighted by molar-refractivity contribution is 6.35. The predicted octanol–water partition coefficient (Wildman–Crippen LogP) is 5.18. The van der Waals surface area contributed by atoms with Gasteiger partial charge in [0.2, 0.25) is 11.8 Å². The number of aromatic nitrogens is 1. The van der Waals surface area contributed by atoms with Crippen molar-refractivity contribution in [3.63, 3.8) is 0 Å². The molecule has 1 saturated carbocycles. The molecule has 3 aromatic rings. The minimum atomic E-state index is -0.633. The van der Waals surface area contributed by atoms with E-state index in [1.807, 2.05) is 65.5 Å². The Morgan fingerprint density at radius 3 is 2.23 bits per heavy atom. The molecule has 2 bridgehead atoms. The van der Waals surface area contributed by atoms with E-state index in [2.05, 4.69) is 0 Å². The Hall–Kier alpha value is -3.03. The maximum absolute atomic E-state index is 14.3. The highest BCUT2D eigenvalue weighted by Crippen LogP contribution is 2.53. The Morgan fingerprint density at radius 2 is 1.64 bits per heavy atom. The molecule has 2 N–H and O–H groups in total. The summed E-state index contributed by atoms with van der Waals surface area (Å²) >= 11 is 12.6. The molecular weight excluding hydrogens is 535 g/mol. The van der Waals surface area contributed by atoms with Crippen molar-refractivity contribution in [1.29, 1.82) is 0 Å². The fourth-order valence-corrected chi connectivity index (χ4v) is 7.32. The zero-order valence-electron chi connectivity index (χ0n) is 22.3. The number of hydrogen-bond donors (Lipinski definition) is 1. The second kappa shape index (κ2) is 9.00. The Labute approximate surface area is 237 Å². The van der Waals surface area contributed by atoms with Gasteiger partial charge in [0.15, 0.2) is 0 Å². The van der Waals surface area contributed by atoms with Gasteiger partial charge in [-0.05, 0) is 54.5 Å². The van der Waals surface area contributed by atoms with Gasteiger partial charge in [-0.15, -0.1) is 0 Å². The molecule has 9 heteroatoms. The predicted molar refractivity (Wildman–Crippen MR) is 152 cm³/mol. The number of nitrogens with two attached hydrogens (primary N) is 1. The zero-order valence-corrected chi connectivity index (χ0v) is 23.8. The Bertz CT molecular complexity index is 1520. The van der Waals surface area contributed by atoms with Crippen LogP contribution in [0.25, 0.3) is 10.9 Å². The lowest BCUT2D eigenvalue weighted by Crippen LogP contribution is -2.55. The van der Waals surface area contributed by atoms with E-state index >= 15 is 0 Å². The summed E-state index contributed by atoms with van der Waals surface area (Å²) in [5, 5.41) is 1.93. The number of hydrogen-bond acceptors (Lipinski definition) is 3. The smallest absolute Gasteiger partial charge is 0.265 e. The molecule has 7 nitrogen and oxygen atoms in total. The second-order valence-corrected chi connectivity index (χ2v) is 13.1. The molecular formula is C30H32Cl2N4O3. The van der Waals surface area contributed by atoms with E-state index in [1.54, 1.807) is 18.2 Å². The van der Waals surface area contributed by atoms with Gasteiger partial charge in [0.05, 0.1) is 17.5 Å². The number of primary amides is 1. The lowest BCUT2D eigenvalue weighted by molar-refractivity contribution is -0.145. The summed E-state index contributed by atoms with van der Waals surface area (Å²) in [6, 6.07) is 14.0. The number of nitrogens with zero attached hydrogens (tertiary/aromatic N) is 3. The molecule has 1 aliphatic carbocycles. The van der Waals surface area contributed by atoms with Crippen LogP contribution in [0.3, 0.4) is 0 Å². The Balaban J connectivity index is 1.28. The van der Waals surface area contributed by atoms with Crippen LogP contribution in [0.4, 0.5) is 0 Å². The average Bonchev–Trinajstić information content (AvgIpc) is 3.22. The maximum Gasteiger partial charge on any atom is 0.265 e. The van der Waals surface area contributed by atoms with Crippen molar-refractivity contribution in [3.05, 3.63) is 69.8 Å². The summed E-state index contributed by atoms with van der Waals surface area (Å²) in [5.74, 6) is -0.525. The number of likely N-dealkylation sites (tertiary alicyclic amines) is 2. The van der Waals surface area contributed by atoms with Gasteiger partial charge in [-0.25, -0.2) is 0 Å². The van der Waals surface area contributed by atoms with Crippen molar-refractivity contribution in [2.75, 3.05) is 13.1 Å². The molecule has 3 heterocycles. The van der Waals surface area contributed by atoms with Crippen molar-refractivity contribution in [2.45, 2.75) is 63.6 Å². The maximum atomic E-state index is 14.3. The number of benzene rings is 2. The summed E-state index contributed by atoms with van der Waals surface area (Å²) in [6.07, 6.45) is 2.26. The lowest BCUT2D eigenvalue weighted by atomic mass is 9.85. The summed E-state index contributed by atoms with van der Waals surface area (Å²) in [4.78, 5) is 44.5. The molecule has 2 aliphatic heterocycles. The monoisotopic (exact) mass is 566 g/mol. The van der Waals surface area contributed by atoms with Crippen LogP contribution in [0.5, 0.6) is 0 Å². The molecule has 6 rings (SSSR count). The lowest BCUT2D eigenvalue weighted by Gasteiger charge is -2.41. The van der Waals surface area contributed by atoms with Gasteiger partial charge in [-0.2, -0.15) is 0 Å². The Morgan fingerprint density at radius 1 is 0.974 bits per heavy atom. The van der Waals surface area contributed by atoms with Crippen LogP contribution in [0.1, 0.15) is 62.1 Å². The van der Waals surface area contributed by atoms with E-state index < -0.39 is 22.8 Å². The van der Waals surface area contributed by atoms with E-state index in [9.17, 15) is 14.4 Å². The fraction of sp³-hybridized carbons (Fsp3) is 0.433. The second-order valence-electron chi connectivity index (χ2n) is 12.3. The molecule has 2 saturated heterocycles. The number of amides is 3. The topological polar surface area (TPSA) is 88.6 Å². The Kier molecular flexibility index (Phi) is 6.05. The van der Waals surface area contributed by atoms with Crippen LogP contribution >= 0.6 is 23.2 Å². The standard InChI is InChI=1S/C30H32Cl2N4O3/c1-29(2,3)25(36-23-7-5-4-6-17(23)12-24(36)26(33)37)27(38)34-15-20-14-19(34)16-35(20)28(39)30(10-11-30)21-9-8-18(31)13-22(21)32/h4-9,12-13,19-20,25H,10-11,14-16H2,1-3H3,(H2,33,37)/t19-,20-,25+/m0/s1. The number of piperazine rings is 1. The summed E-state index contributed by atoms with van der Waals surface area (Å²) < 4.78 is 1.82. The fourth-order valence-electron chi connectivity index (χ4n) is 6.73. The molecule has 2 aromatic carbocycles. The summed E-state index contributed by atoms with van der Waals surface area (Å²) in [7, 11) is 0. The first-order chi connectivity index (χ1) is 18.4. The first-order valence-corrected chi connectivity index (χ1v) is 14.1. The van der Waals surface area contributed by atoms with E-state index in [1.165, 1.54) is 0 Å². The number of rotatable bonds is 5. The highest BCUT2D eigenvalue weighted by atomic mass is 35.5. The van der Waals surface area contributed by atoms with Gasteiger partial charge in [0.25, 0.3) is 5.91 Å². The zero-order chi connectivity index (χ0) is 27.9. The highest BCUT2D eigenvalue weighted by Gasteiger charge is 2.58. The quantitative estimate of drug-likeness (QED) is 0.461. The van der Waals surface area contributed by atoms with Crippen LogP contribution < -0.4 is 5.73 Å². The number of carbonyl (C=O) groups is 3. The van der Waals surface area contributed by atoms with Crippen molar-refractivity contribution in [3.8, 4) is 0 Å². The van der Waals surface area contributed by atoms with Gasteiger partial charge in [-0.1, -0.05) is 68.2 Å². The van der Waals surface area contributed by atoms with Crippen LogP contribution in [0, 0.1) is 5.41 Å². The van der Waals surface area contributed by atoms with Gasteiger partial charge >= 0.3 is 0 Å². The van der Waals surface area contributed by atoms with E-state index in [4.69, 9.17) is 28.9 Å². The molecule has 0 unspecified atom stereocenters. The number of para-hydroxylation sites is 1. The third-order valence-electron chi connectivity index (χ3n) is 8.70. The van der Waals surface area contributed by atoms with Crippen LogP contribution in [-0.4, -0.2) is 57.3 Å². The molecule has 204 valence electrons. The molecule has 0 spiro atoms. The first kappa shape index (κ1) is 26.2. The van der Waals surface area contributed by atoms with Crippen molar-refractivity contribution < 1.29 is 14.4 Å². The minimum Gasteiger partial charge on any atom is -0.364 e. The summed E-state index contributed by atoms with van der Waals surface area (Å²) in [6.45, 7) is 6.98. The van der Waals surface area contributed by atoms with Crippen molar-refractivity contribution in [1.82, 2.24) is 14.4 Å². The van der Waals surface area contributed by atoms with E-state index in [0.29, 0.717) is 28.8 Å². The normalized spacial score (nSPS) is 22.4. The van der Waals surface area contributed by atoms with Gasteiger partial charge < -0.3 is 20.1 Å². The van der Waals surface area contributed by atoms with E-state index in [0.717, 1.165) is 35.7 Å². The minimum absolute atomic E-state index is 0.0483.